The second kappa shape index (κ2) is 7.97. The van der Waals surface area contributed by atoms with E-state index >= 15 is 0 Å². The third-order valence-corrected chi connectivity index (χ3v) is 6.48. The average molecular weight is 409 g/mol. The van der Waals surface area contributed by atoms with Crippen LogP contribution in [0.25, 0.3) is 10.9 Å². The van der Waals surface area contributed by atoms with E-state index in [-0.39, 0.29) is 23.8 Å². The minimum Gasteiger partial charge on any atom is -0.381 e. The van der Waals surface area contributed by atoms with Gasteiger partial charge in [-0.25, -0.2) is 0 Å². The second-order valence-electron chi connectivity index (χ2n) is 8.18. The van der Waals surface area contributed by atoms with Crippen LogP contribution in [0.2, 0.25) is 0 Å². The van der Waals surface area contributed by atoms with Crippen molar-refractivity contribution in [2.24, 2.45) is 5.92 Å². The van der Waals surface area contributed by atoms with Crippen LogP contribution in [0.15, 0.2) is 18.2 Å². The summed E-state index contributed by atoms with van der Waals surface area (Å²) in [5.41, 5.74) is 0.524. The molecule has 0 bridgehead atoms. The summed E-state index contributed by atoms with van der Waals surface area (Å²) < 4.78 is 44.1. The number of hydrogen-bond acceptors (Lipinski definition) is 3. The number of aromatic amines is 1. The summed E-state index contributed by atoms with van der Waals surface area (Å²) in [6.07, 6.45) is 1.10. The molecule has 2 fully saturated rings. The van der Waals surface area contributed by atoms with Crippen molar-refractivity contribution in [2.45, 2.75) is 56.7 Å². The van der Waals surface area contributed by atoms with Crippen LogP contribution in [-0.2, 0) is 15.7 Å². The quantitative estimate of drug-likeness (QED) is 0.813. The lowest BCUT2D eigenvalue weighted by atomic mass is 9.85. The van der Waals surface area contributed by atoms with Crippen LogP contribution in [0.1, 0.15) is 55.7 Å². The predicted molar refractivity (Wildman–Crippen MR) is 102 cm³/mol. The lowest BCUT2D eigenvalue weighted by Crippen LogP contribution is -2.42. The lowest BCUT2D eigenvalue weighted by Gasteiger charge is -2.36. The van der Waals surface area contributed by atoms with Crippen molar-refractivity contribution >= 4 is 16.8 Å². The van der Waals surface area contributed by atoms with Gasteiger partial charge in [-0.05, 0) is 50.7 Å². The number of nitrogens with zero attached hydrogens (tertiary/aromatic N) is 2. The van der Waals surface area contributed by atoms with Crippen LogP contribution in [-0.4, -0.2) is 47.3 Å². The minimum atomic E-state index is -4.37. The van der Waals surface area contributed by atoms with Crippen molar-refractivity contribution in [3.05, 3.63) is 29.5 Å². The first-order chi connectivity index (χ1) is 13.9. The summed E-state index contributed by atoms with van der Waals surface area (Å²) in [5.74, 6) is 0.499. The van der Waals surface area contributed by atoms with Gasteiger partial charge in [-0.3, -0.25) is 9.89 Å². The van der Waals surface area contributed by atoms with Crippen molar-refractivity contribution in [2.75, 3.05) is 20.2 Å². The van der Waals surface area contributed by atoms with E-state index in [4.69, 9.17) is 4.74 Å². The molecule has 1 N–H and O–H groups in total. The fourth-order valence-corrected chi connectivity index (χ4v) is 4.71. The fraction of sp³-hybridized carbons (Fsp3) is 0.619. The number of hydrogen-bond donors (Lipinski definition) is 1. The number of methoxy groups -OCH3 is 1. The molecule has 0 radical (unpaired) electrons. The number of aromatic nitrogens is 2. The largest absolute Gasteiger partial charge is 0.416 e. The SMILES string of the molecule is COC1CCC(C(=O)N2CCC(c3[nH]nc4cc(C(F)(F)F)ccc34)CC2)CC1. The summed E-state index contributed by atoms with van der Waals surface area (Å²) in [6.45, 7) is 1.35. The zero-order valence-corrected chi connectivity index (χ0v) is 16.5. The maximum atomic E-state index is 12.9. The van der Waals surface area contributed by atoms with E-state index in [0.29, 0.717) is 18.6 Å². The molecule has 8 heteroatoms. The Kier molecular flexibility index (Phi) is 5.55. The number of alkyl halides is 3. The van der Waals surface area contributed by atoms with E-state index in [2.05, 4.69) is 10.2 Å². The van der Waals surface area contributed by atoms with Gasteiger partial charge in [0.2, 0.25) is 5.91 Å². The first kappa shape index (κ1) is 20.2. The molecule has 0 unspecified atom stereocenters. The Morgan fingerprint density at radius 1 is 1.14 bits per heavy atom. The Balaban J connectivity index is 1.39. The standard InChI is InChI=1S/C21H26F3N3O2/c1-29-16-5-2-14(3-6-16)20(28)27-10-8-13(9-11-27)19-17-7-4-15(21(22,23)24)12-18(17)25-26-19/h4,7,12-14,16H,2-3,5-6,8-11H2,1H3,(H,25,26). The van der Waals surface area contributed by atoms with Crippen LogP contribution in [0.4, 0.5) is 13.2 Å². The zero-order chi connectivity index (χ0) is 20.6. The van der Waals surface area contributed by atoms with Gasteiger partial charge in [0.25, 0.3) is 0 Å². The molecule has 5 nitrogen and oxygen atoms in total. The normalized spacial score (nSPS) is 24.2. The topological polar surface area (TPSA) is 58.2 Å². The third kappa shape index (κ3) is 4.13. The highest BCUT2D eigenvalue weighted by molar-refractivity contribution is 5.83. The van der Waals surface area contributed by atoms with E-state index in [1.807, 2.05) is 4.90 Å². The molecule has 1 aliphatic carbocycles. The molecule has 29 heavy (non-hydrogen) atoms. The van der Waals surface area contributed by atoms with Gasteiger partial charge in [0.15, 0.2) is 0 Å². The molecule has 1 amide bonds. The monoisotopic (exact) mass is 409 g/mol. The number of nitrogens with one attached hydrogen (secondary N) is 1. The molecule has 158 valence electrons. The molecule has 1 aromatic carbocycles. The molecule has 0 atom stereocenters. The van der Waals surface area contributed by atoms with Crippen molar-refractivity contribution < 1.29 is 22.7 Å². The zero-order valence-electron chi connectivity index (χ0n) is 16.5. The van der Waals surface area contributed by atoms with Crippen LogP contribution in [0.3, 0.4) is 0 Å². The summed E-state index contributed by atoms with van der Waals surface area (Å²) in [7, 11) is 1.72. The number of rotatable bonds is 3. The van der Waals surface area contributed by atoms with Gasteiger partial charge in [0.05, 0.1) is 17.2 Å². The number of piperidine rings is 1. The Bertz CT molecular complexity index is 864. The van der Waals surface area contributed by atoms with Gasteiger partial charge in [-0.1, -0.05) is 6.07 Å². The number of halogens is 3. The van der Waals surface area contributed by atoms with Crippen LogP contribution < -0.4 is 0 Å². The molecule has 0 spiro atoms. The molecule has 1 aliphatic heterocycles. The van der Waals surface area contributed by atoms with Gasteiger partial charge < -0.3 is 9.64 Å². The number of carbonyl (C=O) groups is 1. The van der Waals surface area contributed by atoms with Crippen LogP contribution >= 0.6 is 0 Å². The molecular formula is C21H26F3N3O2. The Morgan fingerprint density at radius 2 is 1.83 bits per heavy atom. The summed E-state index contributed by atoms with van der Waals surface area (Å²) in [4.78, 5) is 14.8. The first-order valence-corrected chi connectivity index (χ1v) is 10.2. The second-order valence-corrected chi connectivity index (χ2v) is 8.18. The van der Waals surface area contributed by atoms with Gasteiger partial charge in [-0.15, -0.1) is 0 Å². The van der Waals surface area contributed by atoms with Gasteiger partial charge >= 0.3 is 6.18 Å². The van der Waals surface area contributed by atoms with E-state index in [1.165, 1.54) is 6.07 Å². The molecule has 2 aromatic rings. The third-order valence-electron chi connectivity index (χ3n) is 6.48. The molecule has 2 heterocycles. The van der Waals surface area contributed by atoms with E-state index < -0.39 is 11.7 Å². The molecule has 1 saturated heterocycles. The highest BCUT2D eigenvalue weighted by Gasteiger charge is 2.34. The molecule has 1 saturated carbocycles. The van der Waals surface area contributed by atoms with Crippen molar-refractivity contribution in [3.8, 4) is 0 Å². The molecular weight excluding hydrogens is 383 g/mol. The number of likely N-dealkylation sites (tertiary alicyclic amines) is 1. The Morgan fingerprint density at radius 3 is 2.45 bits per heavy atom. The van der Waals surface area contributed by atoms with Crippen LogP contribution in [0.5, 0.6) is 0 Å². The number of fused-ring (bicyclic) bond motifs is 1. The Labute approximate surface area is 167 Å². The summed E-state index contributed by atoms with van der Waals surface area (Å²) in [6, 6.07) is 3.70. The van der Waals surface area contributed by atoms with E-state index in [9.17, 15) is 18.0 Å². The number of H-pyrrole nitrogens is 1. The molecule has 2 aliphatic rings. The Hall–Kier alpha value is -2.09. The number of amides is 1. The van der Waals surface area contributed by atoms with Crippen molar-refractivity contribution in [1.29, 1.82) is 0 Å². The maximum Gasteiger partial charge on any atom is 0.416 e. The highest BCUT2D eigenvalue weighted by Crippen LogP contribution is 2.36. The van der Waals surface area contributed by atoms with Crippen molar-refractivity contribution in [1.82, 2.24) is 15.1 Å². The van der Waals surface area contributed by atoms with E-state index in [0.717, 1.165) is 61.7 Å². The number of benzene rings is 1. The summed E-state index contributed by atoms with van der Waals surface area (Å²) >= 11 is 0. The van der Waals surface area contributed by atoms with Crippen molar-refractivity contribution in [3.63, 3.8) is 0 Å². The number of carbonyl (C=O) groups excluding carboxylic acids is 1. The predicted octanol–water partition coefficient (Wildman–Crippen LogP) is 4.49. The van der Waals surface area contributed by atoms with Gasteiger partial charge in [-0.2, -0.15) is 18.3 Å². The maximum absolute atomic E-state index is 12.9. The molecule has 4 rings (SSSR count). The van der Waals surface area contributed by atoms with E-state index in [1.54, 1.807) is 7.11 Å². The van der Waals surface area contributed by atoms with Gasteiger partial charge in [0.1, 0.15) is 0 Å². The van der Waals surface area contributed by atoms with Crippen LogP contribution in [0, 0.1) is 5.92 Å². The fourth-order valence-electron chi connectivity index (χ4n) is 4.71. The van der Waals surface area contributed by atoms with Gasteiger partial charge in [0, 0.05) is 43.1 Å². The smallest absolute Gasteiger partial charge is 0.381 e. The lowest BCUT2D eigenvalue weighted by molar-refractivity contribution is -0.139. The highest BCUT2D eigenvalue weighted by atomic mass is 19.4. The number of ether oxygens (including phenoxy) is 1. The molecule has 1 aromatic heterocycles. The average Bonchev–Trinajstić information content (AvgIpc) is 3.16. The summed E-state index contributed by atoms with van der Waals surface area (Å²) in [5, 5.41) is 7.78. The minimum absolute atomic E-state index is 0.0896. The first-order valence-electron chi connectivity index (χ1n) is 10.2.